The molecule has 0 aliphatic carbocycles. The Morgan fingerprint density at radius 2 is 2.11 bits per heavy atom. The van der Waals surface area contributed by atoms with E-state index >= 15 is 0 Å². The van der Waals surface area contributed by atoms with Gasteiger partial charge in [-0.25, -0.2) is 8.42 Å². The van der Waals surface area contributed by atoms with Crippen molar-refractivity contribution in [1.29, 1.82) is 0 Å². The van der Waals surface area contributed by atoms with E-state index in [0.717, 1.165) is 17.0 Å². The van der Waals surface area contributed by atoms with E-state index in [2.05, 4.69) is 9.71 Å². The van der Waals surface area contributed by atoms with E-state index < -0.39 is 10.0 Å². The number of rotatable bonds is 4. The van der Waals surface area contributed by atoms with Gasteiger partial charge in [-0.1, -0.05) is 6.92 Å². The molecule has 6 heteroatoms. The second-order valence-electron chi connectivity index (χ2n) is 3.87. The summed E-state index contributed by atoms with van der Waals surface area (Å²) in [5.41, 5.74) is 1.31. The van der Waals surface area contributed by atoms with E-state index in [1.165, 1.54) is 11.3 Å². The van der Waals surface area contributed by atoms with Crippen molar-refractivity contribution >= 4 is 27.0 Å². The quantitative estimate of drug-likeness (QED) is 0.938. The molecule has 0 saturated heterocycles. The van der Waals surface area contributed by atoms with Crippen molar-refractivity contribution in [3.05, 3.63) is 41.0 Å². The minimum Gasteiger partial charge on any atom is -0.279 e. The minimum absolute atomic E-state index is 0.341. The highest BCUT2D eigenvalue weighted by atomic mass is 32.2. The molecule has 2 aromatic rings. The number of aryl methyl sites for hydroxylation is 2. The first kappa shape index (κ1) is 13.0. The van der Waals surface area contributed by atoms with Crippen molar-refractivity contribution in [1.82, 2.24) is 4.98 Å². The summed E-state index contributed by atoms with van der Waals surface area (Å²) in [6.07, 6.45) is 2.42. The summed E-state index contributed by atoms with van der Waals surface area (Å²) in [5, 5.41) is 0. The molecular weight excluding hydrogens is 268 g/mol. The van der Waals surface area contributed by atoms with Gasteiger partial charge in [-0.05, 0) is 37.6 Å². The molecule has 0 aliphatic rings. The molecular formula is C12H14N2O2S2. The van der Waals surface area contributed by atoms with E-state index in [4.69, 9.17) is 0 Å². The van der Waals surface area contributed by atoms with Crippen molar-refractivity contribution in [3.63, 3.8) is 0 Å². The van der Waals surface area contributed by atoms with Crippen molar-refractivity contribution < 1.29 is 8.42 Å². The van der Waals surface area contributed by atoms with Gasteiger partial charge >= 0.3 is 0 Å². The van der Waals surface area contributed by atoms with Crippen LogP contribution in [0.25, 0.3) is 0 Å². The van der Waals surface area contributed by atoms with Crippen LogP contribution in [0.2, 0.25) is 0 Å². The van der Waals surface area contributed by atoms with E-state index in [1.54, 1.807) is 24.4 Å². The highest BCUT2D eigenvalue weighted by Gasteiger charge is 2.16. The molecule has 0 atom stereocenters. The Morgan fingerprint density at radius 1 is 1.33 bits per heavy atom. The van der Waals surface area contributed by atoms with Crippen LogP contribution >= 0.6 is 11.3 Å². The van der Waals surface area contributed by atoms with Crippen LogP contribution in [0.3, 0.4) is 0 Å². The second-order valence-corrected chi connectivity index (χ2v) is 6.94. The number of anilines is 1. The zero-order chi connectivity index (χ0) is 13.2. The average molecular weight is 282 g/mol. The van der Waals surface area contributed by atoms with Crippen molar-refractivity contribution in [2.24, 2.45) is 0 Å². The molecule has 0 aliphatic heterocycles. The maximum absolute atomic E-state index is 12.1. The number of sulfonamides is 1. The lowest BCUT2D eigenvalue weighted by atomic mass is 10.3. The fourth-order valence-corrected chi connectivity index (χ4v) is 3.85. The number of aromatic nitrogens is 1. The van der Waals surface area contributed by atoms with Gasteiger partial charge in [0.15, 0.2) is 0 Å². The Balaban J connectivity index is 2.27. The predicted molar refractivity (Wildman–Crippen MR) is 73.5 cm³/mol. The highest BCUT2D eigenvalue weighted by Crippen LogP contribution is 2.24. The summed E-state index contributed by atoms with van der Waals surface area (Å²) in [4.78, 5) is 5.08. The summed E-state index contributed by atoms with van der Waals surface area (Å²) in [5.74, 6) is 0. The van der Waals surface area contributed by atoms with Crippen LogP contribution in [0.1, 0.15) is 17.5 Å². The van der Waals surface area contributed by atoms with Gasteiger partial charge in [0.1, 0.15) is 4.21 Å². The second kappa shape index (κ2) is 5.07. The van der Waals surface area contributed by atoms with E-state index in [9.17, 15) is 8.42 Å². The smallest absolute Gasteiger partial charge is 0.271 e. The standard InChI is InChI=1S/C12H14N2O2S2/c1-3-11-4-5-12(17-11)18(15,16)14-10-6-7-13-9(2)8-10/h4-8H,3H2,1-2H3,(H,13,14). The summed E-state index contributed by atoms with van der Waals surface area (Å²) >= 11 is 1.30. The van der Waals surface area contributed by atoms with Gasteiger partial charge in [0.2, 0.25) is 0 Å². The van der Waals surface area contributed by atoms with E-state index in [0.29, 0.717) is 9.90 Å². The summed E-state index contributed by atoms with van der Waals surface area (Å²) in [7, 11) is -3.48. The van der Waals surface area contributed by atoms with E-state index in [1.807, 2.05) is 19.9 Å². The highest BCUT2D eigenvalue weighted by molar-refractivity contribution is 7.94. The lowest BCUT2D eigenvalue weighted by Crippen LogP contribution is -2.11. The summed E-state index contributed by atoms with van der Waals surface area (Å²) in [6, 6.07) is 6.82. The normalized spacial score (nSPS) is 11.4. The van der Waals surface area contributed by atoms with Gasteiger partial charge in [0, 0.05) is 16.8 Å². The molecule has 2 heterocycles. The number of nitrogens with one attached hydrogen (secondary N) is 1. The average Bonchev–Trinajstić information content (AvgIpc) is 2.77. The number of pyridine rings is 1. The fraction of sp³-hybridized carbons (Fsp3) is 0.250. The lowest BCUT2D eigenvalue weighted by molar-refractivity contribution is 0.603. The molecule has 0 radical (unpaired) electrons. The molecule has 0 aromatic carbocycles. The lowest BCUT2D eigenvalue weighted by Gasteiger charge is -2.06. The largest absolute Gasteiger partial charge is 0.279 e. The Kier molecular flexibility index (Phi) is 3.68. The Hall–Kier alpha value is -1.40. The molecule has 4 nitrogen and oxygen atoms in total. The molecule has 2 aromatic heterocycles. The van der Waals surface area contributed by atoms with Crippen LogP contribution in [0.4, 0.5) is 5.69 Å². The molecule has 0 saturated carbocycles. The number of thiophene rings is 1. The first-order valence-electron chi connectivity index (χ1n) is 5.55. The monoisotopic (exact) mass is 282 g/mol. The van der Waals surface area contributed by atoms with Crippen LogP contribution in [-0.4, -0.2) is 13.4 Å². The summed E-state index contributed by atoms with van der Waals surface area (Å²) in [6.45, 7) is 3.82. The fourth-order valence-electron chi connectivity index (χ4n) is 1.51. The maximum Gasteiger partial charge on any atom is 0.271 e. The minimum atomic E-state index is -3.48. The first-order chi connectivity index (χ1) is 8.51. The number of hydrogen-bond donors (Lipinski definition) is 1. The number of hydrogen-bond acceptors (Lipinski definition) is 4. The van der Waals surface area contributed by atoms with Crippen LogP contribution in [0, 0.1) is 6.92 Å². The van der Waals surface area contributed by atoms with Gasteiger partial charge < -0.3 is 0 Å². The Morgan fingerprint density at radius 3 is 2.72 bits per heavy atom. The van der Waals surface area contributed by atoms with Crippen molar-refractivity contribution in [2.75, 3.05) is 4.72 Å². The summed E-state index contributed by atoms with van der Waals surface area (Å²) < 4.78 is 27.1. The van der Waals surface area contributed by atoms with Gasteiger partial charge in [-0.3, -0.25) is 9.71 Å². The molecule has 0 unspecified atom stereocenters. The topological polar surface area (TPSA) is 59.1 Å². The molecule has 0 bridgehead atoms. The van der Waals surface area contributed by atoms with Crippen molar-refractivity contribution in [3.8, 4) is 0 Å². The molecule has 96 valence electrons. The van der Waals surface area contributed by atoms with Gasteiger partial charge in [-0.15, -0.1) is 11.3 Å². The van der Waals surface area contributed by atoms with Crippen molar-refractivity contribution in [2.45, 2.75) is 24.5 Å². The Labute approximate surface area is 111 Å². The van der Waals surface area contributed by atoms with Gasteiger partial charge in [0.05, 0.1) is 5.69 Å². The molecule has 0 fully saturated rings. The zero-order valence-electron chi connectivity index (χ0n) is 10.2. The van der Waals surface area contributed by atoms with Crippen LogP contribution < -0.4 is 4.72 Å². The third-order valence-electron chi connectivity index (χ3n) is 2.40. The zero-order valence-corrected chi connectivity index (χ0v) is 11.8. The van der Waals surface area contributed by atoms with Crippen LogP contribution in [-0.2, 0) is 16.4 Å². The molecule has 0 amide bonds. The maximum atomic E-state index is 12.1. The Bertz CT molecular complexity index is 648. The third kappa shape index (κ3) is 2.88. The number of nitrogens with zero attached hydrogens (tertiary/aromatic N) is 1. The van der Waals surface area contributed by atoms with E-state index in [-0.39, 0.29) is 0 Å². The molecule has 0 spiro atoms. The molecule has 1 N–H and O–H groups in total. The van der Waals surface area contributed by atoms with Crippen LogP contribution in [0.15, 0.2) is 34.7 Å². The molecule has 18 heavy (non-hydrogen) atoms. The first-order valence-corrected chi connectivity index (χ1v) is 7.85. The van der Waals surface area contributed by atoms with Gasteiger partial charge in [0.25, 0.3) is 10.0 Å². The predicted octanol–water partition coefficient (Wildman–Crippen LogP) is 2.81. The third-order valence-corrected chi connectivity index (χ3v) is 5.50. The SMILES string of the molecule is CCc1ccc(S(=O)(=O)Nc2ccnc(C)c2)s1. The van der Waals surface area contributed by atoms with Gasteiger partial charge in [-0.2, -0.15) is 0 Å². The molecule has 2 rings (SSSR count). The van der Waals surface area contributed by atoms with Crippen LogP contribution in [0.5, 0.6) is 0 Å².